The Bertz CT molecular complexity index is 776. The largest absolute Gasteiger partial charge is 0.357 e. The molecule has 1 aromatic heterocycles. The van der Waals surface area contributed by atoms with Gasteiger partial charge in [-0.15, -0.1) is 0 Å². The van der Waals surface area contributed by atoms with Crippen molar-refractivity contribution in [2.75, 3.05) is 50.7 Å². The van der Waals surface area contributed by atoms with E-state index in [4.69, 9.17) is 0 Å². The maximum atomic E-state index is 12.8. The SMILES string of the molecule is CCN1CCN(C(=O)c2ccc(N3CCC(Cc4ccccc4)CC3)nc2)CC1. The Kier molecular flexibility index (Phi) is 6.45. The molecule has 0 spiro atoms. The number of nitrogens with zero attached hydrogens (tertiary/aromatic N) is 4. The van der Waals surface area contributed by atoms with Crippen LogP contribution in [0.1, 0.15) is 35.7 Å². The zero-order valence-corrected chi connectivity index (χ0v) is 17.5. The van der Waals surface area contributed by atoms with Gasteiger partial charge >= 0.3 is 0 Å². The van der Waals surface area contributed by atoms with Crippen LogP contribution >= 0.6 is 0 Å². The predicted molar refractivity (Wildman–Crippen MR) is 117 cm³/mol. The van der Waals surface area contributed by atoms with Gasteiger partial charge in [0.25, 0.3) is 5.91 Å². The van der Waals surface area contributed by atoms with E-state index in [-0.39, 0.29) is 5.91 Å². The topological polar surface area (TPSA) is 39.7 Å². The summed E-state index contributed by atoms with van der Waals surface area (Å²) in [6.45, 7) is 8.85. The summed E-state index contributed by atoms with van der Waals surface area (Å²) >= 11 is 0. The first-order valence-electron chi connectivity index (χ1n) is 11.0. The van der Waals surface area contributed by atoms with Crippen LogP contribution in [0, 0.1) is 5.92 Å². The van der Waals surface area contributed by atoms with Crippen LogP contribution in [0.4, 0.5) is 5.82 Å². The molecule has 0 bridgehead atoms. The van der Waals surface area contributed by atoms with Crippen LogP contribution in [0.25, 0.3) is 0 Å². The van der Waals surface area contributed by atoms with E-state index >= 15 is 0 Å². The minimum absolute atomic E-state index is 0.112. The smallest absolute Gasteiger partial charge is 0.255 e. The molecule has 3 heterocycles. The van der Waals surface area contributed by atoms with E-state index in [0.29, 0.717) is 5.56 Å². The fourth-order valence-electron chi connectivity index (χ4n) is 4.46. The average molecular weight is 393 g/mol. The van der Waals surface area contributed by atoms with Crippen LogP contribution in [0.2, 0.25) is 0 Å². The second kappa shape index (κ2) is 9.40. The molecule has 0 atom stereocenters. The molecule has 0 saturated carbocycles. The summed E-state index contributed by atoms with van der Waals surface area (Å²) in [5.74, 6) is 1.85. The Labute approximate surface area is 174 Å². The standard InChI is InChI=1S/C24H32N4O/c1-2-26-14-16-28(17-15-26)24(29)22-8-9-23(25-19-22)27-12-10-21(11-13-27)18-20-6-4-3-5-7-20/h3-9,19,21H,2,10-18H2,1H3. The first-order chi connectivity index (χ1) is 14.2. The van der Waals surface area contributed by atoms with E-state index in [0.717, 1.165) is 57.5 Å². The van der Waals surface area contributed by atoms with Crippen LogP contribution < -0.4 is 4.90 Å². The number of amides is 1. The number of hydrogen-bond donors (Lipinski definition) is 0. The lowest BCUT2D eigenvalue weighted by atomic mass is 9.90. The van der Waals surface area contributed by atoms with Crippen LogP contribution in [-0.4, -0.2) is 66.5 Å². The summed E-state index contributed by atoms with van der Waals surface area (Å²) in [4.78, 5) is 24.1. The highest BCUT2D eigenvalue weighted by Gasteiger charge is 2.23. The summed E-state index contributed by atoms with van der Waals surface area (Å²) in [7, 11) is 0. The zero-order chi connectivity index (χ0) is 20.1. The monoisotopic (exact) mass is 392 g/mol. The molecule has 2 aromatic rings. The summed E-state index contributed by atoms with van der Waals surface area (Å²) < 4.78 is 0. The maximum absolute atomic E-state index is 12.8. The molecule has 1 amide bonds. The Hall–Kier alpha value is -2.40. The lowest BCUT2D eigenvalue weighted by Crippen LogP contribution is -2.48. The van der Waals surface area contributed by atoms with Gasteiger partial charge in [0.2, 0.25) is 0 Å². The number of benzene rings is 1. The number of carbonyl (C=O) groups excluding carboxylic acids is 1. The van der Waals surface area contributed by atoms with Crippen molar-refractivity contribution >= 4 is 11.7 Å². The molecule has 2 aliphatic rings. The molecule has 0 aliphatic carbocycles. The van der Waals surface area contributed by atoms with E-state index in [1.807, 2.05) is 17.0 Å². The quantitative estimate of drug-likeness (QED) is 0.783. The van der Waals surface area contributed by atoms with Gasteiger partial charge in [-0.25, -0.2) is 4.98 Å². The number of likely N-dealkylation sites (N-methyl/N-ethyl adjacent to an activating group) is 1. The van der Waals surface area contributed by atoms with E-state index in [1.54, 1.807) is 6.20 Å². The lowest BCUT2D eigenvalue weighted by Gasteiger charge is -2.34. The third-order valence-electron chi connectivity index (χ3n) is 6.41. The van der Waals surface area contributed by atoms with Gasteiger partial charge in [-0.3, -0.25) is 4.79 Å². The molecule has 5 heteroatoms. The molecule has 0 N–H and O–H groups in total. The Balaban J connectivity index is 1.29. The highest BCUT2D eigenvalue weighted by atomic mass is 16.2. The molecular weight excluding hydrogens is 360 g/mol. The van der Waals surface area contributed by atoms with E-state index in [1.165, 1.54) is 24.8 Å². The summed E-state index contributed by atoms with van der Waals surface area (Å²) in [6.07, 6.45) is 5.32. The molecule has 2 saturated heterocycles. The maximum Gasteiger partial charge on any atom is 0.255 e. The van der Waals surface area contributed by atoms with Crippen molar-refractivity contribution in [1.82, 2.24) is 14.8 Å². The normalized spacial score (nSPS) is 18.8. The third kappa shape index (κ3) is 4.96. The number of pyridine rings is 1. The number of rotatable bonds is 5. The van der Waals surface area contributed by atoms with Gasteiger partial charge in [0, 0.05) is 45.5 Å². The van der Waals surface area contributed by atoms with Crippen molar-refractivity contribution in [3.8, 4) is 0 Å². The van der Waals surface area contributed by atoms with Crippen LogP contribution in [0.3, 0.4) is 0 Å². The van der Waals surface area contributed by atoms with Gasteiger partial charge < -0.3 is 14.7 Å². The van der Waals surface area contributed by atoms with Crippen molar-refractivity contribution < 1.29 is 4.79 Å². The van der Waals surface area contributed by atoms with E-state index in [9.17, 15) is 4.79 Å². The summed E-state index contributed by atoms with van der Waals surface area (Å²) in [6, 6.07) is 14.8. The second-order valence-electron chi connectivity index (χ2n) is 8.25. The molecule has 0 unspecified atom stereocenters. The minimum atomic E-state index is 0.112. The zero-order valence-electron chi connectivity index (χ0n) is 17.5. The lowest BCUT2D eigenvalue weighted by molar-refractivity contribution is 0.0643. The molecular formula is C24H32N4O. The first kappa shape index (κ1) is 19.9. The van der Waals surface area contributed by atoms with Gasteiger partial charge in [-0.2, -0.15) is 0 Å². The number of hydrogen-bond acceptors (Lipinski definition) is 4. The van der Waals surface area contributed by atoms with E-state index in [2.05, 4.69) is 52.0 Å². The predicted octanol–water partition coefficient (Wildman–Crippen LogP) is 3.32. The molecule has 2 fully saturated rings. The number of carbonyl (C=O) groups is 1. The second-order valence-corrected chi connectivity index (χ2v) is 8.25. The van der Waals surface area contributed by atoms with Gasteiger partial charge in [-0.1, -0.05) is 37.3 Å². The van der Waals surface area contributed by atoms with Crippen molar-refractivity contribution in [3.63, 3.8) is 0 Å². The van der Waals surface area contributed by atoms with Gasteiger partial charge in [0.15, 0.2) is 0 Å². The molecule has 29 heavy (non-hydrogen) atoms. The number of aromatic nitrogens is 1. The van der Waals surface area contributed by atoms with Gasteiger partial charge in [0.1, 0.15) is 5.82 Å². The molecule has 1 aromatic carbocycles. The molecule has 2 aliphatic heterocycles. The molecule has 5 nitrogen and oxygen atoms in total. The molecule has 0 radical (unpaired) electrons. The third-order valence-corrected chi connectivity index (χ3v) is 6.41. The Morgan fingerprint density at radius 3 is 2.31 bits per heavy atom. The Morgan fingerprint density at radius 1 is 0.966 bits per heavy atom. The minimum Gasteiger partial charge on any atom is -0.357 e. The molecule has 4 rings (SSSR count). The average Bonchev–Trinajstić information content (AvgIpc) is 2.80. The highest BCUT2D eigenvalue weighted by Crippen LogP contribution is 2.25. The number of piperidine rings is 1. The van der Waals surface area contributed by atoms with Crippen LogP contribution in [-0.2, 0) is 6.42 Å². The van der Waals surface area contributed by atoms with Gasteiger partial charge in [-0.05, 0) is 49.4 Å². The van der Waals surface area contributed by atoms with Crippen molar-refractivity contribution in [2.45, 2.75) is 26.2 Å². The van der Waals surface area contributed by atoms with E-state index < -0.39 is 0 Å². The van der Waals surface area contributed by atoms with Crippen LogP contribution in [0.15, 0.2) is 48.7 Å². The molecule has 154 valence electrons. The fourth-order valence-corrected chi connectivity index (χ4v) is 4.46. The number of piperazine rings is 1. The fraction of sp³-hybridized carbons (Fsp3) is 0.500. The highest BCUT2D eigenvalue weighted by molar-refractivity contribution is 5.94. The van der Waals surface area contributed by atoms with Crippen LogP contribution in [0.5, 0.6) is 0 Å². The van der Waals surface area contributed by atoms with Crippen molar-refractivity contribution in [3.05, 3.63) is 59.8 Å². The summed E-state index contributed by atoms with van der Waals surface area (Å²) in [5, 5.41) is 0. The first-order valence-corrected chi connectivity index (χ1v) is 11.0. The van der Waals surface area contributed by atoms with Crippen molar-refractivity contribution in [2.24, 2.45) is 5.92 Å². The van der Waals surface area contributed by atoms with Gasteiger partial charge in [0.05, 0.1) is 5.56 Å². The Morgan fingerprint density at radius 2 is 1.69 bits per heavy atom. The number of anilines is 1. The van der Waals surface area contributed by atoms with Crippen molar-refractivity contribution in [1.29, 1.82) is 0 Å². The summed E-state index contributed by atoms with van der Waals surface area (Å²) in [5.41, 5.74) is 2.14.